The number of hydrogen-bond donors (Lipinski definition) is 1. The minimum Gasteiger partial charge on any atom is -0.476 e. The van der Waals surface area contributed by atoms with Crippen LogP contribution in [-0.2, 0) is 7.05 Å². The Bertz CT molecular complexity index is 1560. The zero-order chi connectivity index (χ0) is 26.6. The molecule has 0 bridgehead atoms. The second kappa shape index (κ2) is 10.9. The van der Waals surface area contributed by atoms with Crippen LogP contribution in [0.4, 0.5) is 11.6 Å². The fourth-order valence-electron chi connectivity index (χ4n) is 3.99. The Kier molecular flexibility index (Phi) is 7.23. The Morgan fingerprint density at radius 3 is 2.66 bits per heavy atom. The standard InChI is InChI=1S/C28H31N9O/c1-18(2)20-13-26(34-31-16-20)33-25-7-6-23-24(32-25)12-21(15-30-23)22-17-37(5)35-28(22)19-8-9-29-27(14-19)38-11-10-36(3)4/h6-9,12-18H,10-11H2,1-5H3,(H,32,33,34). The molecule has 0 aliphatic carbocycles. The van der Waals surface area contributed by atoms with Gasteiger partial charge in [0, 0.05) is 54.9 Å². The molecule has 5 aromatic rings. The maximum Gasteiger partial charge on any atom is 0.213 e. The largest absolute Gasteiger partial charge is 0.476 e. The number of rotatable bonds is 9. The van der Waals surface area contributed by atoms with E-state index in [1.54, 1.807) is 17.1 Å². The second-order valence-electron chi connectivity index (χ2n) is 9.71. The van der Waals surface area contributed by atoms with Gasteiger partial charge in [-0.2, -0.15) is 10.2 Å². The molecule has 10 nitrogen and oxygen atoms in total. The average Bonchev–Trinajstić information content (AvgIpc) is 3.30. The number of ether oxygens (including phenoxy) is 1. The van der Waals surface area contributed by atoms with Crippen molar-refractivity contribution in [3.8, 4) is 28.3 Å². The number of aryl methyl sites for hydroxylation is 1. The Labute approximate surface area is 221 Å². The van der Waals surface area contributed by atoms with E-state index in [-0.39, 0.29) is 0 Å². The Morgan fingerprint density at radius 2 is 1.84 bits per heavy atom. The highest BCUT2D eigenvalue weighted by molar-refractivity contribution is 5.86. The highest BCUT2D eigenvalue weighted by Gasteiger charge is 2.15. The number of nitrogens with zero attached hydrogens (tertiary/aromatic N) is 8. The van der Waals surface area contributed by atoms with Gasteiger partial charge in [0.05, 0.1) is 17.2 Å². The summed E-state index contributed by atoms with van der Waals surface area (Å²) in [5.41, 5.74) is 6.27. The van der Waals surface area contributed by atoms with Gasteiger partial charge in [0.2, 0.25) is 5.88 Å². The van der Waals surface area contributed by atoms with Crippen molar-refractivity contribution >= 4 is 22.7 Å². The van der Waals surface area contributed by atoms with Crippen LogP contribution in [0.1, 0.15) is 25.3 Å². The number of anilines is 2. The third kappa shape index (κ3) is 5.76. The summed E-state index contributed by atoms with van der Waals surface area (Å²) >= 11 is 0. The molecule has 0 saturated heterocycles. The van der Waals surface area contributed by atoms with Gasteiger partial charge in [-0.25, -0.2) is 9.97 Å². The second-order valence-corrected chi connectivity index (χ2v) is 9.71. The molecule has 0 aliphatic heterocycles. The van der Waals surface area contributed by atoms with Gasteiger partial charge in [-0.05, 0) is 55.9 Å². The molecule has 0 radical (unpaired) electrons. The Hall–Kier alpha value is -4.44. The lowest BCUT2D eigenvalue weighted by atomic mass is 10.0. The van der Waals surface area contributed by atoms with Crippen molar-refractivity contribution < 1.29 is 4.74 Å². The van der Waals surface area contributed by atoms with E-state index >= 15 is 0 Å². The first-order chi connectivity index (χ1) is 18.4. The molecule has 0 aromatic carbocycles. The van der Waals surface area contributed by atoms with Crippen LogP contribution in [0, 0.1) is 0 Å². The van der Waals surface area contributed by atoms with Gasteiger partial charge in [0.25, 0.3) is 0 Å². The molecule has 0 fully saturated rings. The molecule has 38 heavy (non-hydrogen) atoms. The van der Waals surface area contributed by atoms with Crippen LogP contribution < -0.4 is 10.1 Å². The molecule has 5 heterocycles. The summed E-state index contributed by atoms with van der Waals surface area (Å²) in [4.78, 5) is 15.9. The molecule has 10 heteroatoms. The normalized spacial score (nSPS) is 11.4. The molecule has 0 saturated carbocycles. The zero-order valence-corrected chi connectivity index (χ0v) is 22.3. The predicted molar refractivity (Wildman–Crippen MR) is 148 cm³/mol. The SMILES string of the molecule is CC(C)c1cnnc(Nc2ccc3ncc(-c4cn(C)nc4-c4ccnc(OCCN(C)C)c4)cc3n2)c1. The summed E-state index contributed by atoms with van der Waals surface area (Å²) in [7, 11) is 5.93. The molecule has 194 valence electrons. The zero-order valence-electron chi connectivity index (χ0n) is 22.3. The Balaban J connectivity index is 1.45. The molecule has 0 amide bonds. The summed E-state index contributed by atoms with van der Waals surface area (Å²) in [5.74, 6) is 2.26. The van der Waals surface area contributed by atoms with Crippen molar-refractivity contribution in [3.05, 3.63) is 66.7 Å². The quantitative estimate of drug-likeness (QED) is 0.303. The van der Waals surface area contributed by atoms with E-state index in [2.05, 4.69) is 44.2 Å². The van der Waals surface area contributed by atoms with Crippen LogP contribution in [0.5, 0.6) is 5.88 Å². The Morgan fingerprint density at radius 1 is 0.974 bits per heavy atom. The average molecular weight is 510 g/mol. The molecular formula is C28H31N9O. The van der Waals surface area contributed by atoms with E-state index in [1.807, 2.05) is 69.9 Å². The minimum absolute atomic E-state index is 0.358. The van der Waals surface area contributed by atoms with Crippen LogP contribution in [0.3, 0.4) is 0 Å². The third-order valence-electron chi connectivity index (χ3n) is 6.07. The maximum absolute atomic E-state index is 5.85. The van der Waals surface area contributed by atoms with Gasteiger partial charge in [-0.3, -0.25) is 9.67 Å². The lowest BCUT2D eigenvalue weighted by Gasteiger charge is -2.11. The monoisotopic (exact) mass is 509 g/mol. The van der Waals surface area contributed by atoms with Crippen molar-refractivity contribution in [1.82, 2.24) is 39.8 Å². The molecule has 5 rings (SSSR count). The number of pyridine rings is 3. The highest BCUT2D eigenvalue weighted by Crippen LogP contribution is 2.33. The van der Waals surface area contributed by atoms with Crippen LogP contribution in [0.25, 0.3) is 33.4 Å². The highest BCUT2D eigenvalue weighted by atomic mass is 16.5. The number of nitrogens with one attached hydrogen (secondary N) is 1. The number of likely N-dealkylation sites (N-methyl/N-ethyl adjacent to an activating group) is 1. The van der Waals surface area contributed by atoms with Crippen molar-refractivity contribution in [1.29, 1.82) is 0 Å². The first-order valence-electron chi connectivity index (χ1n) is 12.5. The topological polar surface area (TPSA) is 107 Å². The van der Waals surface area contributed by atoms with Crippen molar-refractivity contribution in [2.45, 2.75) is 19.8 Å². The van der Waals surface area contributed by atoms with E-state index in [1.165, 1.54) is 0 Å². The van der Waals surface area contributed by atoms with Gasteiger partial charge in [0.15, 0.2) is 5.82 Å². The first kappa shape index (κ1) is 25.2. The van der Waals surface area contributed by atoms with E-state index in [4.69, 9.17) is 14.8 Å². The lowest BCUT2D eigenvalue weighted by Crippen LogP contribution is -2.19. The van der Waals surface area contributed by atoms with E-state index in [0.29, 0.717) is 30.0 Å². The van der Waals surface area contributed by atoms with Crippen LogP contribution >= 0.6 is 0 Å². The fraction of sp³-hybridized carbons (Fsp3) is 0.286. The maximum atomic E-state index is 5.85. The van der Waals surface area contributed by atoms with Gasteiger partial charge in [-0.15, -0.1) is 5.10 Å². The van der Waals surface area contributed by atoms with Crippen LogP contribution in [0.2, 0.25) is 0 Å². The predicted octanol–water partition coefficient (Wildman–Crippen LogP) is 4.69. The van der Waals surface area contributed by atoms with Gasteiger partial charge in [0.1, 0.15) is 18.1 Å². The summed E-state index contributed by atoms with van der Waals surface area (Å²) in [6.45, 7) is 5.62. The summed E-state index contributed by atoms with van der Waals surface area (Å²) in [6, 6.07) is 11.7. The van der Waals surface area contributed by atoms with E-state index in [9.17, 15) is 0 Å². The third-order valence-corrected chi connectivity index (χ3v) is 6.07. The van der Waals surface area contributed by atoms with E-state index < -0.39 is 0 Å². The molecule has 1 N–H and O–H groups in total. The van der Waals surface area contributed by atoms with Gasteiger partial charge >= 0.3 is 0 Å². The van der Waals surface area contributed by atoms with Crippen LogP contribution in [-0.4, -0.2) is 67.1 Å². The molecule has 0 spiro atoms. The summed E-state index contributed by atoms with van der Waals surface area (Å²) in [6.07, 6.45) is 7.37. The lowest BCUT2D eigenvalue weighted by molar-refractivity contribution is 0.254. The molecule has 0 aliphatic rings. The van der Waals surface area contributed by atoms with Gasteiger partial charge < -0.3 is 15.0 Å². The molecule has 5 aromatic heterocycles. The number of hydrogen-bond acceptors (Lipinski definition) is 9. The van der Waals surface area contributed by atoms with E-state index in [0.717, 1.165) is 45.5 Å². The first-order valence-corrected chi connectivity index (χ1v) is 12.5. The van der Waals surface area contributed by atoms with Crippen molar-refractivity contribution in [2.24, 2.45) is 7.05 Å². The number of aromatic nitrogens is 7. The van der Waals surface area contributed by atoms with Crippen molar-refractivity contribution in [3.63, 3.8) is 0 Å². The number of fused-ring (bicyclic) bond motifs is 1. The summed E-state index contributed by atoms with van der Waals surface area (Å²) in [5, 5.41) is 16.3. The van der Waals surface area contributed by atoms with Crippen LogP contribution in [0.15, 0.2) is 61.2 Å². The summed E-state index contributed by atoms with van der Waals surface area (Å²) < 4.78 is 7.64. The molecule has 0 unspecified atom stereocenters. The fourth-order valence-corrected chi connectivity index (χ4v) is 3.99. The van der Waals surface area contributed by atoms with Crippen molar-refractivity contribution in [2.75, 3.05) is 32.6 Å². The molecule has 0 atom stereocenters. The molecular weight excluding hydrogens is 478 g/mol. The smallest absolute Gasteiger partial charge is 0.213 e. The minimum atomic E-state index is 0.358. The van der Waals surface area contributed by atoms with Gasteiger partial charge in [-0.1, -0.05) is 13.8 Å².